The van der Waals surface area contributed by atoms with E-state index in [1.807, 2.05) is 38.2 Å². The summed E-state index contributed by atoms with van der Waals surface area (Å²) in [4.78, 5) is 18.0. The van der Waals surface area contributed by atoms with Crippen molar-refractivity contribution in [3.8, 4) is 0 Å². The van der Waals surface area contributed by atoms with E-state index < -0.39 is 5.60 Å². The second-order valence-corrected chi connectivity index (χ2v) is 6.40. The highest BCUT2D eigenvalue weighted by Gasteiger charge is 2.25. The highest BCUT2D eigenvalue weighted by Crippen LogP contribution is 2.17. The molecule has 1 atom stereocenters. The molecule has 1 aromatic rings. The molecule has 0 spiro atoms. The van der Waals surface area contributed by atoms with Gasteiger partial charge in [0.1, 0.15) is 0 Å². The Bertz CT molecular complexity index is 443. The van der Waals surface area contributed by atoms with Gasteiger partial charge in [-0.2, -0.15) is 0 Å². The van der Waals surface area contributed by atoms with Crippen molar-refractivity contribution in [1.82, 2.24) is 15.6 Å². The number of anilines is 1. The molecule has 0 aliphatic carbocycles. The summed E-state index contributed by atoms with van der Waals surface area (Å²) in [5, 5.41) is 18.3. The molecule has 0 bridgehead atoms. The topological polar surface area (TPSA) is 77.5 Å². The Morgan fingerprint density at radius 2 is 2.15 bits per heavy atom. The number of aliphatic hydroxyl groups is 1. The average molecular weight is 300 g/mol. The Hall–Kier alpha value is -1.34. The Labute approximate surface area is 124 Å². The van der Waals surface area contributed by atoms with Crippen LogP contribution in [0.2, 0.25) is 0 Å². The number of hydrogen-bond donors (Lipinski definition) is 3. The number of aromatic nitrogens is 1. The highest BCUT2D eigenvalue weighted by atomic mass is 32.1. The third-order valence-corrected chi connectivity index (χ3v) is 4.26. The van der Waals surface area contributed by atoms with Gasteiger partial charge in [-0.1, -0.05) is 13.8 Å². The smallest absolute Gasteiger partial charge is 0.315 e. The van der Waals surface area contributed by atoms with E-state index in [4.69, 9.17) is 0 Å². The van der Waals surface area contributed by atoms with E-state index >= 15 is 0 Å². The Morgan fingerprint density at radius 1 is 1.50 bits per heavy atom. The largest absolute Gasteiger partial charge is 0.388 e. The molecule has 1 aromatic heterocycles. The summed E-state index contributed by atoms with van der Waals surface area (Å²) >= 11 is 1.53. The predicted octanol–water partition coefficient (Wildman–Crippen LogP) is 1.42. The first-order valence-electron chi connectivity index (χ1n) is 6.58. The zero-order valence-electron chi connectivity index (χ0n) is 12.7. The molecule has 7 heteroatoms. The lowest BCUT2D eigenvalue weighted by atomic mass is 9.93. The van der Waals surface area contributed by atoms with Crippen molar-refractivity contribution in [3.05, 3.63) is 11.1 Å². The second kappa shape index (κ2) is 6.90. The Morgan fingerprint density at radius 3 is 2.65 bits per heavy atom. The van der Waals surface area contributed by atoms with Crippen LogP contribution < -0.4 is 15.5 Å². The van der Waals surface area contributed by atoms with Crippen molar-refractivity contribution >= 4 is 22.5 Å². The van der Waals surface area contributed by atoms with Gasteiger partial charge in [0.15, 0.2) is 5.13 Å². The molecule has 0 aliphatic heterocycles. The summed E-state index contributed by atoms with van der Waals surface area (Å²) in [7, 11) is 3.85. The van der Waals surface area contributed by atoms with Gasteiger partial charge in [-0.3, -0.25) is 0 Å². The van der Waals surface area contributed by atoms with Crippen LogP contribution in [0.15, 0.2) is 5.38 Å². The molecule has 0 fully saturated rings. The summed E-state index contributed by atoms with van der Waals surface area (Å²) in [5.41, 5.74) is -0.0831. The molecule has 0 radical (unpaired) electrons. The van der Waals surface area contributed by atoms with Crippen molar-refractivity contribution in [2.24, 2.45) is 5.92 Å². The van der Waals surface area contributed by atoms with E-state index in [1.165, 1.54) is 11.3 Å². The normalized spacial score (nSPS) is 13.9. The van der Waals surface area contributed by atoms with Gasteiger partial charge < -0.3 is 20.6 Å². The molecule has 1 heterocycles. The molecule has 3 N–H and O–H groups in total. The first-order chi connectivity index (χ1) is 9.22. The molecule has 6 nitrogen and oxygen atoms in total. The molecule has 20 heavy (non-hydrogen) atoms. The molecule has 0 saturated heterocycles. The quantitative estimate of drug-likeness (QED) is 0.742. The lowest BCUT2D eigenvalue weighted by Crippen LogP contribution is -2.47. The zero-order valence-corrected chi connectivity index (χ0v) is 13.5. The van der Waals surface area contributed by atoms with Crippen LogP contribution >= 0.6 is 11.3 Å². The molecule has 1 rings (SSSR count). The van der Waals surface area contributed by atoms with Crippen molar-refractivity contribution in [2.45, 2.75) is 32.9 Å². The number of rotatable bonds is 6. The zero-order chi connectivity index (χ0) is 15.3. The fourth-order valence-corrected chi connectivity index (χ4v) is 2.04. The monoisotopic (exact) mass is 300 g/mol. The van der Waals surface area contributed by atoms with Crippen molar-refractivity contribution < 1.29 is 9.90 Å². The van der Waals surface area contributed by atoms with Gasteiger partial charge >= 0.3 is 6.03 Å². The first-order valence-corrected chi connectivity index (χ1v) is 7.46. The number of carbonyl (C=O) groups excluding carboxylic acids is 1. The van der Waals surface area contributed by atoms with Crippen LogP contribution in [-0.2, 0) is 6.54 Å². The molecule has 0 aliphatic rings. The summed E-state index contributed by atoms with van der Waals surface area (Å²) in [6.45, 7) is 6.13. The number of nitrogens with one attached hydrogen (secondary N) is 2. The molecule has 2 amide bonds. The first kappa shape index (κ1) is 16.7. The lowest BCUT2D eigenvalue weighted by molar-refractivity contribution is 0.0166. The summed E-state index contributed by atoms with van der Waals surface area (Å²) < 4.78 is 0. The van der Waals surface area contributed by atoms with Crippen molar-refractivity contribution in [2.75, 3.05) is 25.5 Å². The minimum Gasteiger partial charge on any atom is -0.388 e. The minimum atomic E-state index is -0.907. The predicted molar refractivity (Wildman–Crippen MR) is 82.1 cm³/mol. The van der Waals surface area contributed by atoms with Gasteiger partial charge in [0.2, 0.25) is 0 Å². The van der Waals surface area contributed by atoms with E-state index in [2.05, 4.69) is 15.6 Å². The Kier molecular flexibility index (Phi) is 5.76. The average Bonchev–Trinajstić information content (AvgIpc) is 2.82. The number of urea groups is 1. The number of amides is 2. The van der Waals surface area contributed by atoms with Gasteiger partial charge in [0.25, 0.3) is 0 Å². The van der Waals surface area contributed by atoms with Crippen LogP contribution in [0.3, 0.4) is 0 Å². The van der Waals surface area contributed by atoms with E-state index in [9.17, 15) is 9.90 Å². The maximum atomic E-state index is 11.7. The maximum absolute atomic E-state index is 11.7. The van der Waals surface area contributed by atoms with Gasteiger partial charge in [0, 0.05) is 26.0 Å². The third kappa shape index (κ3) is 4.97. The van der Waals surface area contributed by atoms with Crippen molar-refractivity contribution in [1.29, 1.82) is 0 Å². The highest BCUT2D eigenvalue weighted by molar-refractivity contribution is 7.13. The third-order valence-electron chi connectivity index (χ3n) is 3.20. The van der Waals surface area contributed by atoms with E-state index in [-0.39, 0.29) is 18.5 Å². The van der Waals surface area contributed by atoms with Crippen LogP contribution in [0.1, 0.15) is 26.5 Å². The van der Waals surface area contributed by atoms with E-state index in [1.54, 1.807) is 6.92 Å². The molecular weight excluding hydrogens is 276 g/mol. The van der Waals surface area contributed by atoms with Crippen LogP contribution in [0, 0.1) is 5.92 Å². The Balaban J connectivity index is 2.36. The van der Waals surface area contributed by atoms with Gasteiger partial charge in [-0.25, -0.2) is 9.78 Å². The van der Waals surface area contributed by atoms with Gasteiger partial charge in [0.05, 0.1) is 17.8 Å². The van der Waals surface area contributed by atoms with Crippen LogP contribution in [0.25, 0.3) is 0 Å². The second-order valence-electron chi connectivity index (χ2n) is 5.56. The SMILES string of the molecule is CC(C)C(C)(O)CNC(=O)NCc1csc(N(C)C)n1. The maximum Gasteiger partial charge on any atom is 0.315 e. The van der Waals surface area contributed by atoms with E-state index in [0.29, 0.717) is 6.54 Å². The minimum absolute atomic E-state index is 0.0731. The standard InChI is InChI=1S/C13H24N4O2S/c1-9(2)13(3,19)8-15-11(18)14-6-10-7-20-12(16-10)17(4)5/h7,9,19H,6,8H2,1-5H3,(H2,14,15,18). The van der Waals surface area contributed by atoms with Gasteiger partial charge in [-0.15, -0.1) is 11.3 Å². The van der Waals surface area contributed by atoms with Crippen LogP contribution in [0.4, 0.5) is 9.93 Å². The van der Waals surface area contributed by atoms with Crippen LogP contribution in [0.5, 0.6) is 0 Å². The fraction of sp³-hybridized carbons (Fsp3) is 0.692. The molecule has 0 saturated carbocycles. The fourth-order valence-electron chi connectivity index (χ4n) is 1.28. The van der Waals surface area contributed by atoms with Crippen molar-refractivity contribution in [3.63, 3.8) is 0 Å². The number of thiazole rings is 1. The molecule has 114 valence electrons. The lowest BCUT2D eigenvalue weighted by Gasteiger charge is -2.27. The number of hydrogen-bond acceptors (Lipinski definition) is 5. The summed E-state index contributed by atoms with van der Waals surface area (Å²) in [6.07, 6.45) is 0. The summed E-state index contributed by atoms with van der Waals surface area (Å²) in [6, 6.07) is -0.301. The molecular formula is C13H24N4O2S. The molecule has 0 aromatic carbocycles. The number of nitrogens with zero attached hydrogens (tertiary/aromatic N) is 2. The van der Waals surface area contributed by atoms with E-state index in [0.717, 1.165) is 10.8 Å². The van der Waals surface area contributed by atoms with Gasteiger partial charge in [-0.05, 0) is 12.8 Å². The number of carbonyl (C=O) groups is 1. The summed E-state index contributed by atoms with van der Waals surface area (Å²) in [5.74, 6) is 0.0731. The molecule has 1 unspecified atom stereocenters. The van der Waals surface area contributed by atoms with Crippen LogP contribution in [-0.4, -0.2) is 42.4 Å².